The lowest BCUT2D eigenvalue weighted by molar-refractivity contribution is -0.266. The zero-order valence-corrected chi connectivity index (χ0v) is 14.8. The molecule has 0 aromatic rings. The minimum atomic E-state index is -1.30. The van der Waals surface area contributed by atoms with Crippen molar-refractivity contribution >= 4 is 5.97 Å². The van der Waals surface area contributed by atoms with Gasteiger partial charge in [-0.3, -0.25) is 4.79 Å². The van der Waals surface area contributed by atoms with Gasteiger partial charge in [0, 0.05) is 5.41 Å². The summed E-state index contributed by atoms with van der Waals surface area (Å²) in [5, 5.41) is 22.4. The number of aliphatic hydroxyl groups excluding tert-OH is 1. The predicted molar refractivity (Wildman–Crippen MR) is 89.9 cm³/mol. The van der Waals surface area contributed by atoms with E-state index in [4.69, 9.17) is 4.74 Å². The molecule has 8 atom stereocenters. The van der Waals surface area contributed by atoms with Crippen LogP contribution in [0.3, 0.4) is 0 Å². The molecule has 2 N–H and O–H groups in total. The molecule has 0 aromatic carbocycles. The predicted octanol–water partition coefficient (Wildman–Crippen LogP) is 2.60. The van der Waals surface area contributed by atoms with Crippen molar-refractivity contribution in [3.8, 4) is 0 Å². The average molecular weight is 332 g/mol. The van der Waals surface area contributed by atoms with Gasteiger partial charge >= 0.3 is 5.97 Å². The molecule has 1 heterocycles. The number of allylic oxidation sites excluding steroid dienone is 3. The molecule has 3 fully saturated rings. The molecule has 4 nitrogen and oxygen atoms in total. The van der Waals surface area contributed by atoms with E-state index in [1.54, 1.807) is 6.92 Å². The first kappa shape index (κ1) is 16.3. The second kappa shape index (κ2) is 4.73. The summed E-state index contributed by atoms with van der Waals surface area (Å²) in [5.41, 5.74) is -1.69. The highest BCUT2D eigenvalue weighted by molar-refractivity contribution is 5.82. The molecule has 3 aliphatic carbocycles. The molecule has 0 radical (unpaired) electrons. The van der Waals surface area contributed by atoms with Crippen LogP contribution in [-0.4, -0.2) is 34.0 Å². The molecular weight excluding hydrogens is 304 g/mol. The Morgan fingerprint density at radius 3 is 2.79 bits per heavy atom. The van der Waals surface area contributed by atoms with Crippen LogP contribution in [0.2, 0.25) is 0 Å². The second-order valence-corrected chi connectivity index (χ2v) is 8.77. The summed E-state index contributed by atoms with van der Waals surface area (Å²) in [5.74, 6) is 0.569. The van der Waals surface area contributed by atoms with Crippen molar-refractivity contribution in [1.29, 1.82) is 0 Å². The Labute approximate surface area is 143 Å². The van der Waals surface area contributed by atoms with Gasteiger partial charge in [-0.05, 0) is 55.9 Å². The standard InChI is InChI=1S/C20H28O4/c1-5-12-6-7-14-13(11(12)2)10-16-20(23)18(14,3)9-8-15(21)19(20,4)17(22)24-16/h5-6,11,13-16,21,23H,1,7-10H2,2-4H3/t11-,13-,14-,15-,16+,18+,19+,20-/m0/s1. The third kappa shape index (κ3) is 1.51. The SMILES string of the molecule is C=CC1=CC[C@H]2[C@@H](C[C@H]3OC(=O)[C@@]4(C)[C@@H](O)CC[C@@]2(C)[C@@]34O)[C@H]1C. The van der Waals surface area contributed by atoms with Crippen LogP contribution in [-0.2, 0) is 9.53 Å². The Hall–Kier alpha value is -1.13. The number of aliphatic hydroxyl groups is 2. The van der Waals surface area contributed by atoms with Crippen LogP contribution in [0.5, 0.6) is 0 Å². The van der Waals surface area contributed by atoms with E-state index in [9.17, 15) is 15.0 Å². The quantitative estimate of drug-likeness (QED) is 0.724. The van der Waals surface area contributed by atoms with Gasteiger partial charge in [-0.2, -0.15) is 0 Å². The van der Waals surface area contributed by atoms with E-state index >= 15 is 0 Å². The lowest BCUT2D eigenvalue weighted by Gasteiger charge is -2.64. The third-order valence-corrected chi connectivity index (χ3v) is 8.24. The molecule has 4 rings (SSSR count). The van der Waals surface area contributed by atoms with Gasteiger partial charge in [-0.1, -0.05) is 32.6 Å². The van der Waals surface area contributed by atoms with E-state index in [-0.39, 0.29) is 0 Å². The van der Waals surface area contributed by atoms with Crippen molar-refractivity contribution in [2.45, 2.75) is 64.3 Å². The maximum absolute atomic E-state index is 12.7. The molecule has 0 bridgehead atoms. The number of fused-ring (bicyclic) bond motifs is 2. The van der Waals surface area contributed by atoms with Crippen molar-refractivity contribution in [2.75, 3.05) is 0 Å². The van der Waals surface area contributed by atoms with Crippen molar-refractivity contribution in [3.05, 3.63) is 24.3 Å². The van der Waals surface area contributed by atoms with Gasteiger partial charge in [-0.25, -0.2) is 0 Å². The normalized spacial score (nSPS) is 56.0. The van der Waals surface area contributed by atoms with E-state index in [1.165, 1.54) is 5.57 Å². The van der Waals surface area contributed by atoms with Crippen molar-refractivity contribution in [2.24, 2.45) is 28.6 Å². The second-order valence-electron chi connectivity index (χ2n) is 8.77. The Bertz CT molecular complexity index is 640. The summed E-state index contributed by atoms with van der Waals surface area (Å²) >= 11 is 0. The average Bonchev–Trinajstić information content (AvgIpc) is 2.76. The zero-order chi connectivity index (χ0) is 17.5. The van der Waals surface area contributed by atoms with Crippen LogP contribution in [0, 0.1) is 28.6 Å². The first-order valence-corrected chi connectivity index (χ1v) is 9.15. The smallest absolute Gasteiger partial charge is 0.317 e. The number of carbonyl (C=O) groups excluding carboxylic acids is 1. The third-order valence-electron chi connectivity index (χ3n) is 8.24. The van der Waals surface area contributed by atoms with Crippen LogP contribution < -0.4 is 0 Å². The van der Waals surface area contributed by atoms with Gasteiger partial charge in [0.2, 0.25) is 0 Å². The molecule has 132 valence electrons. The molecule has 4 aliphatic rings. The van der Waals surface area contributed by atoms with E-state index in [1.807, 2.05) is 6.08 Å². The van der Waals surface area contributed by atoms with Crippen molar-refractivity contribution < 1.29 is 19.7 Å². The van der Waals surface area contributed by atoms with Crippen LogP contribution >= 0.6 is 0 Å². The minimum Gasteiger partial charge on any atom is -0.459 e. The highest BCUT2D eigenvalue weighted by Gasteiger charge is 2.79. The highest BCUT2D eigenvalue weighted by atomic mass is 16.6. The number of ether oxygens (including phenoxy) is 1. The summed E-state index contributed by atoms with van der Waals surface area (Å²) in [6, 6.07) is 0. The van der Waals surface area contributed by atoms with Crippen LogP contribution in [0.4, 0.5) is 0 Å². The molecular formula is C20H28O4. The van der Waals surface area contributed by atoms with E-state index in [0.29, 0.717) is 30.6 Å². The number of esters is 1. The fourth-order valence-electron chi connectivity index (χ4n) is 6.62. The molecule has 0 unspecified atom stereocenters. The fourth-order valence-corrected chi connectivity index (χ4v) is 6.62. The Morgan fingerprint density at radius 2 is 2.12 bits per heavy atom. The van der Waals surface area contributed by atoms with Gasteiger partial charge in [0.15, 0.2) is 0 Å². The number of rotatable bonds is 1. The molecule has 1 saturated heterocycles. The van der Waals surface area contributed by atoms with Crippen LogP contribution in [0.1, 0.15) is 46.5 Å². The maximum Gasteiger partial charge on any atom is 0.317 e. The molecule has 0 aromatic heterocycles. The Morgan fingerprint density at radius 1 is 1.42 bits per heavy atom. The molecule has 0 amide bonds. The van der Waals surface area contributed by atoms with Crippen molar-refractivity contribution in [3.63, 3.8) is 0 Å². The molecule has 1 aliphatic heterocycles. The summed E-state index contributed by atoms with van der Waals surface area (Å²) in [7, 11) is 0. The van der Waals surface area contributed by atoms with E-state index in [0.717, 1.165) is 12.8 Å². The first-order valence-electron chi connectivity index (χ1n) is 9.15. The Kier molecular flexibility index (Phi) is 3.22. The van der Waals surface area contributed by atoms with Gasteiger partial charge in [0.05, 0.1) is 6.10 Å². The number of carbonyl (C=O) groups is 1. The monoisotopic (exact) mass is 332 g/mol. The molecule has 4 heteroatoms. The minimum absolute atomic E-state index is 0.291. The summed E-state index contributed by atoms with van der Waals surface area (Å²) < 4.78 is 5.69. The molecule has 0 spiro atoms. The topological polar surface area (TPSA) is 66.8 Å². The zero-order valence-electron chi connectivity index (χ0n) is 14.8. The number of hydrogen-bond donors (Lipinski definition) is 2. The van der Waals surface area contributed by atoms with Gasteiger partial charge < -0.3 is 14.9 Å². The lowest BCUT2D eigenvalue weighted by Crippen LogP contribution is -2.73. The molecule has 24 heavy (non-hydrogen) atoms. The van der Waals surface area contributed by atoms with E-state index in [2.05, 4.69) is 26.5 Å². The Balaban J connectivity index is 1.87. The van der Waals surface area contributed by atoms with Gasteiger partial charge in [-0.15, -0.1) is 0 Å². The maximum atomic E-state index is 12.7. The van der Waals surface area contributed by atoms with Crippen LogP contribution in [0.25, 0.3) is 0 Å². The highest BCUT2D eigenvalue weighted by Crippen LogP contribution is 2.69. The fraction of sp³-hybridized carbons (Fsp3) is 0.750. The summed E-state index contributed by atoms with van der Waals surface area (Å²) in [4.78, 5) is 12.7. The molecule has 2 saturated carbocycles. The van der Waals surface area contributed by atoms with E-state index < -0.39 is 34.6 Å². The lowest BCUT2D eigenvalue weighted by atomic mass is 9.41. The van der Waals surface area contributed by atoms with Gasteiger partial charge in [0.1, 0.15) is 17.1 Å². The summed E-state index contributed by atoms with van der Waals surface area (Å²) in [6.45, 7) is 9.96. The van der Waals surface area contributed by atoms with Gasteiger partial charge in [0.25, 0.3) is 0 Å². The summed E-state index contributed by atoms with van der Waals surface area (Å²) in [6.07, 6.45) is 5.62. The van der Waals surface area contributed by atoms with Crippen LogP contribution in [0.15, 0.2) is 24.3 Å². The van der Waals surface area contributed by atoms with Crippen molar-refractivity contribution in [1.82, 2.24) is 0 Å². The largest absolute Gasteiger partial charge is 0.459 e. The number of hydrogen-bond acceptors (Lipinski definition) is 4. The first-order chi connectivity index (χ1) is 11.2.